The highest BCUT2D eigenvalue weighted by atomic mass is 16.5. The number of piperidine rings is 1. The number of rotatable bonds is 6. The fraction of sp³-hybridized carbons (Fsp3) is 0.318. The molecule has 3 heterocycles. The Hall–Kier alpha value is -3.15. The van der Waals surface area contributed by atoms with Gasteiger partial charge in [-0.3, -0.25) is 9.78 Å². The molecule has 0 unspecified atom stereocenters. The van der Waals surface area contributed by atoms with Gasteiger partial charge in [0.05, 0.1) is 6.54 Å². The van der Waals surface area contributed by atoms with Gasteiger partial charge in [-0.1, -0.05) is 24.3 Å². The number of hydrogen-bond donors (Lipinski definition) is 0. The van der Waals surface area contributed by atoms with Gasteiger partial charge in [-0.05, 0) is 36.6 Å². The number of imidazole rings is 1. The van der Waals surface area contributed by atoms with E-state index in [1.807, 2.05) is 59.9 Å². The van der Waals surface area contributed by atoms with Crippen molar-refractivity contribution >= 4 is 5.91 Å². The van der Waals surface area contributed by atoms with E-state index in [2.05, 4.69) is 20.6 Å². The predicted octanol–water partition coefficient (Wildman–Crippen LogP) is 3.11. The molecule has 0 N–H and O–H groups in total. The lowest BCUT2D eigenvalue weighted by molar-refractivity contribution is -0.134. The molecule has 1 atom stereocenters. The van der Waals surface area contributed by atoms with Crippen molar-refractivity contribution in [3.63, 3.8) is 0 Å². The van der Waals surface area contributed by atoms with Crippen molar-refractivity contribution in [1.82, 2.24) is 19.4 Å². The summed E-state index contributed by atoms with van der Waals surface area (Å²) in [7, 11) is 0. The SMILES string of the molecule is O=C(COc1ccccc1)N1CCC[C@@H](c2nccn2Cc2cccnc2)C1. The zero-order valence-corrected chi connectivity index (χ0v) is 15.8. The van der Waals surface area contributed by atoms with Crippen molar-refractivity contribution in [2.75, 3.05) is 19.7 Å². The highest BCUT2D eigenvalue weighted by Crippen LogP contribution is 2.26. The van der Waals surface area contributed by atoms with Crippen LogP contribution in [0.15, 0.2) is 67.3 Å². The molecule has 1 aliphatic rings. The van der Waals surface area contributed by atoms with Crippen molar-refractivity contribution in [3.05, 3.63) is 78.6 Å². The van der Waals surface area contributed by atoms with Gasteiger partial charge in [0, 0.05) is 43.8 Å². The highest BCUT2D eigenvalue weighted by Gasteiger charge is 2.27. The van der Waals surface area contributed by atoms with Gasteiger partial charge in [-0.2, -0.15) is 0 Å². The normalized spacial score (nSPS) is 16.7. The van der Waals surface area contributed by atoms with Crippen LogP contribution in [0, 0.1) is 0 Å². The third kappa shape index (κ3) is 4.39. The first-order chi connectivity index (χ1) is 13.8. The van der Waals surface area contributed by atoms with Crippen molar-refractivity contribution < 1.29 is 9.53 Å². The number of amides is 1. The van der Waals surface area contributed by atoms with Crippen LogP contribution in [0.3, 0.4) is 0 Å². The lowest BCUT2D eigenvalue weighted by Crippen LogP contribution is -2.42. The summed E-state index contributed by atoms with van der Waals surface area (Å²) < 4.78 is 7.79. The van der Waals surface area contributed by atoms with E-state index in [-0.39, 0.29) is 18.4 Å². The number of carbonyl (C=O) groups excluding carboxylic acids is 1. The molecule has 1 fully saturated rings. The van der Waals surface area contributed by atoms with Gasteiger partial charge in [0.1, 0.15) is 11.6 Å². The van der Waals surface area contributed by atoms with Crippen molar-refractivity contribution in [2.45, 2.75) is 25.3 Å². The van der Waals surface area contributed by atoms with E-state index in [4.69, 9.17) is 4.74 Å². The van der Waals surface area contributed by atoms with Crippen LogP contribution in [-0.4, -0.2) is 45.0 Å². The van der Waals surface area contributed by atoms with E-state index in [0.29, 0.717) is 6.54 Å². The van der Waals surface area contributed by atoms with Gasteiger partial charge in [0.25, 0.3) is 5.91 Å². The van der Waals surface area contributed by atoms with Crippen LogP contribution in [0.4, 0.5) is 0 Å². The molecule has 0 spiro atoms. The summed E-state index contributed by atoms with van der Waals surface area (Å²) in [5.74, 6) is 2.02. The number of pyridine rings is 1. The summed E-state index contributed by atoms with van der Waals surface area (Å²) in [5.41, 5.74) is 1.14. The molecule has 0 saturated carbocycles. The van der Waals surface area contributed by atoms with Crippen molar-refractivity contribution in [3.8, 4) is 5.75 Å². The number of ether oxygens (including phenoxy) is 1. The molecule has 2 aromatic heterocycles. The summed E-state index contributed by atoms with van der Waals surface area (Å²) in [6.07, 6.45) is 9.50. The van der Waals surface area contributed by atoms with Crippen LogP contribution in [0.5, 0.6) is 5.75 Å². The van der Waals surface area contributed by atoms with Gasteiger partial charge in [0.2, 0.25) is 0 Å². The maximum atomic E-state index is 12.6. The zero-order valence-electron chi connectivity index (χ0n) is 15.8. The molecule has 1 aromatic carbocycles. The molecule has 6 heteroatoms. The van der Waals surface area contributed by atoms with E-state index in [9.17, 15) is 4.79 Å². The third-order valence-electron chi connectivity index (χ3n) is 5.07. The molecular weight excluding hydrogens is 352 g/mol. The maximum absolute atomic E-state index is 12.6. The molecule has 4 rings (SSSR count). The second-order valence-corrected chi connectivity index (χ2v) is 7.06. The van der Waals surface area contributed by atoms with Crippen molar-refractivity contribution in [2.24, 2.45) is 0 Å². The average Bonchev–Trinajstić information content (AvgIpc) is 3.22. The Labute approximate surface area is 164 Å². The van der Waals surface area contributed by atoms with Crippen molar-refractivity contribution in [1.29, 1.82) is 0 Å². The molecule has 1 aliphatic heterocycles. The van der Waals surface area contributed by atoms with E-state index in [1.165, 1.54) is 0 Å². The molecule has 6 nitrogen and oxygen atoms in total. The molecule has 0 bridgehead atoms. The topological polar surface area (TPSA) is 60.2 Å². The van der Waals surface area contributed by atoms with Crippen LogP contribution in [0.25, 0.3) is 0 Å². The summed E-state index contributed by atoms with van der Waals surface area (Å²) >= 11 is 0. The van der Waals surface area contributed by atoms with Gasteiger partial charge in [-0.15, -0.1) is 0 Å². The van der Waals surface area contributed by atoms with Gasteiger partial charge < -0.3 is 14.2 Å². The minimum Gasteiger partial charge on any atom is -0.484 e. The smallest absolute Gasteiger partial charge is 0.260 e. The summed E-state index contributed by atoms with van der Waals surface area (Å²) in [4.78, 5) is 23.3. The van der Waals surface area contributed by atoms with Crippen LogP contribution < -0.4 is 4.74 Å². The Morgan fingerprint density at radius 3 is 2.86 bits per heavy atom. The molecule has 0 radical (unpaired) electrons. The molecular formula is C22H24N4O2. The fourth-order valence-electron chi connectivity index (χ4n) is 3.67. The standard InChI is InChI=1S/C22H24N4O2/c27-21(17-28-20-8-2-1-3-9-20)25-12-5-7-19(16-25)22-24-11-13-26(22)15-18-6-4-10-23-14-18/h1-4,6,8-11,13-14,19H,5,7,12,15-17H2/t19-/m1/s1. The number of benzene rings is 1. The summed E-state index contributed by atoms with van der Waals surface area (Å²) in [5, 5.41) is 0. The van der Waals surface area contributed by atoms with E-state index >= 15 is 0 Å². The molecule has 1 saturated heterocycles. The number of hydrogen-bond acceptors (Lipinski definition) is 4. The number of para-hydroxylation sites is 1. The minimum absolute atomic E-state index is 0.0268. The average molecular weight is 376 g/mol. The first-order valence-corrected chi connectivity index (χ1v) is 9.65. The lowest BCUT2D eigenvalue weighted by Gasteiger charge is -2.32. The quantitative estimate of drug-likeness (QED) is 0.663. The molecule has 0 aliphatic carbocycles. The Kier molecular flexibility index (Phi) is 5.66. The maximum Gasteiger partial charge on any atom is 0.260 e. The number of aromatic nitrogens is 3. The predicted molar refractivity (Wildman–Crippen MR) is 106 cm³/mol. The molecule has 144 valence electrons. The molecule has 1 amide bonds. The van der Waals surface area contributed by atoms with Gasteiger partial charge >= 0.3 is 0 Å². The first kappa shape index (κ1) is 18.2. The fourth-order valence-corrected chi connectivity index (χ4v) is 3.67. The Morgan fingerprint density at radius 1 is 1.14 bits per heavy atom. The number of carbonyl (C=O) groups is 1. The molecule has 28 heavy (non-hydrogen) atoms. The highest BCUT2D eigenvalue weighted by molar-refractivity contribution is 5.78. The second kappa shape index (κ2) is 8.69. The first-order valence-electron chi connectivity index (χ1n) is 9.65. The summed E-state index contributed by atoms with van der Waals surface area (Å²) in [6.45, 7) is 2.27. The van der Waals surface area contributed by atoms with Crippen LogP contribution in [-0.2, 0) is 11.3 Å². The van der Waals surface area contributed by atoms with E-state index < -0.39 is 0 Å². The lowest BCUT2D eigenvalue weighted by atomic mass is 9.97. The Morgan fingerprint density at radius 2 is 2.04 bits per heavy atom. The van der Waals surface area contributed by atoms with Crippen LogP contribution >= 0.6 is 0 Å². The number of nitrogens with zero attached hydrogens (tertiary/aromatic N) is 4. The van der Waals surface area contributed by atoms with E-state index in [1.54, 1.807) is 6.20 Å². The summed E-state index contributed by atoms with van der Waals surface area (Å²) in [6, 6.07) is 13.5. The van der Waals surface area contributed by atoms with Crippen LogP contribution in [0.2, 0.25) is 0 Å². The third-order valence-corrected chi connectivity index (χ3v) is 5.07. The monoisotopic (exact) mass is 376 g/mol. The second-order valence-electron chi connectivity index (χ2n) is 7.06. The molecule has 3 aromatic rings. The Balaban J connectivity index is 1.39. The zero-order chi connectivity index (χ0) is 19.2. The minimum atomic E-state index is 0.0268. The van der Waals surface area contributed by atoms with Crippen LogP contribution in [0.1, 0.15) is 30.1 Å². The largest absolute Gasteiger partial charge is 0.484 e. The van der Waals surface area contributed by atoms with Gasteiger partial charge in [-0.25, -0.2) is 4.98 Å². The number of likely N-dealkylation sites (tertiary alicyclic amines) is 1. The Bertz CT molecular complexity index is 895. The van der Waals surface area contributed by atoms with E-state index in [0.717, 1.165) is 43.1 Å². The van der Waals surface area contributed by atoms with Gasteiger partial charge in [0.15, 0.2) is 6.61 Å².